The Balaban J connectivity index is 1.72. The van der Waals surface area contributed by atoms with Crippen LogP contribution in [0.3, 0.4) is 0 Å². The molecule has 5 heteroatoms. The molecule has 1 aliphatic rings. The van der Waals surface area contributed by atoms with Gasteiger partial charge in [-0.1, -0.05) is 35.9 Å². The molecule has 0 saturated heterocycles. The van der Waals surface area contributed by atoms with Crippen LogP contribution in [0.5, 0.6) is 0 Å². The van der Waals surface area contributed by atoms with Crippen molar-refractivity contribution in [3.8, 4) is 0 Å². The highest BCUT2D eigenvalue weighted by Crippen LogP contribution is 2.20. The van der Waals surface area contributed by atoms with Gasteiger partial charge in [0.15, 0.2) is 0 Å². The first-order valence-corrected chi connectivity index (χ1v) is 7.07. The zero-order valence-corrected chi connectivity index (χ0v) is 12.0. The molecule has 0 radical (unpaired) electrons. The van der Waals surface area contributed by atoms with E-state index in [-0.39, 0.29) is 17.0 Å². The molecule has 0 aliphatic carbocycles. The molecule has 1 atom stereocenters. The van der Waals surface area contributed by atoms with E-state index in [1.165, 1.54) is 23.8 Å². The molecule has 0 saturated carbocycles. The van der Waals surface area contributed by atoms with Gasteiger partial charge >= 0.3 is 0 Å². The highest BCUT2D eigenvalue weighted by molar-refractivity contribution is 6.30. The van der Waals surface area contributed by atoms with E-state index < -0.39 is 5.82 Å². The lowest BCUT2D eigenvalue weighted by Gasteiger charge is -2.25. The van der Waals surface area contributed by atoms with Gasteiger partial charge in [0.2, 0.25) is 5.91 Å². The fourth-order valence-corrected chi connectivity index (χ4v) is 2.72. The van der Waals surface area contributed by atoms with E-state index in [1.807, 2.05) is 24.3 Å². The Kier molecular flexibility index (Phi) is 3.90. The maximum absolute atomic E-state index is 13.3. The summed E-state index contributed by atoms with van der Waals surface area (Å²) < 4.78 is 13.3. The molecule has 2 aromatic rings. The number of rotatable bonds is 2. The molecular weight excluding hydrogens is 291 g/mol. The molecule has 1 unspecified atom stereocenters. The maximum Gasteiger partial charge on any atom is 0.241 e. The smallest absolute Gasteiger partial charge is 0.241 e. The zero-order chi connectivity index (χ0) is 14.8. The molecule has 1 heterocycles. The van der Waals surface area contributed by atoms with Crippen molar-refractivity contribution in [1.82, 2.24) is 5.32 Å². The second-order valence-electron chi connectivity index (χ2n) is 5.05. The second-order valence-corrected chi connectivity index (χ2v) is 5.49. The summed E-state index contributed by atoms with van der Waals surface area (Å²) >= 11 is 5.78. The summed E-state index contributed by atoms with van der Waals surface area (Å²) in [5, 5.41) is 6.14. The molecule has 21 heavy (non-hydrogen) atoms. The minimum atomic E-state index is -0.472. The molecule has 2 N–H and O–H groups in total. The van der Waals surface area contributed by atoms with Crippen molar-refractivity contribution in [2.45, 2.75) is 19.0 Å². The van der Waals surface area contributed by atoms with Crippen molar-refractivity contribution in [2.75, 3.05) is 5.32 Å². The number of amides is 1. The van der Waals surface area contributed by atoms with E-state index in [4.69, 9.17) is 11.6 Å². The first-order valence-electron chi connectivity index (χ1n) is 6.69. The Hall–Kier alpha value is -1.91. The second kappa shape index (κ2) is 5.84. The van der Waals surface area contributed by atoms with Gasteiger partial charge < -0.3 is 10.6 Å². The Morgan fingerprint density at radius 3 is 2.76 bits per heavy atom. The van der Waals surface area contributed by atoms with E-state index in [0.29, 0.717) is 18.7 Å². The highest BCUT2D eigenvalue weighted by Gasteiger charge is 2.23. The van der Waals surface area contributed by atoms with Gasteiger partial charge in [-0.2, -0.15) is 0 Å². The van der Waals surface area contributed by atoms with Crippen LogP contribution in [0.4, 0.5) is 10.1 Å². The summed E-state index contributed by atoms with van der Waals surface area (Å²) in [4.78, 5) is 12.3. The predicted molar refractivity (Wildman–Crippen MR) is 80.8 cm³/mol. The fraction of sp³-hybridized carbons (Fsp3) is 0.188. The first kappa shape index (κ1) is 14.0. The first-order chi connectivity index (χ1) is 10.1. The Morgan fingerprint density at radius 1 is 1.24 bits per heavy atom. The molecule has 0 fully saturated rings. The van der Waals surface area contributed by atoms with E-state index in [0.717, 1.165) is 5.56 Å². The largest absolute Gasteiger partial charge is 0.325 e. The van der Waals surface area contributed by atoms with Gasteiger partial charge in [-0.05, 0) is 35.7 Å². The molecule has 2 aromatic carbocycles. The van der Waals surface area contributed by atoms with Gasteiger partial charge in [-0.15, -0.1) is 0 Å². The third kappa shape index (κ3) is 3.23. The lowest BCUT2D eigenvalue weighted by atomic mass is 9.95. The minimum Gasteiger partial charge on any atom is -0.325 e. The SMILES string of the molecule is O=C(Nc1cc(F)cc(Cl)c1)C1Cc2ccccc2CN1. The molecule has 1 amide bonds. The van der Waals surface area contributed by atoms with Gasteiger partial charge in [0.1, 0.15) is 5.82 Å². The summed E-state index contributed by atoms with van der Waals surface area (Å²) in [6, 6.07) is 11.7. The Morgan fingerprint density at radius 2 is 2.00 bits per heavy atom. The summed E-state index contributed by atoms with van der Waals surface area (Å²) in [7, 11) is 0. The van der Waals surface area contributed by atoms with Gasteiger partial charge in [0, 0.05) is 17.3 Å². The van der Waals surface area contributed by atoms with Gasteiger partial charge in [-0.25, -0.2) is 4.39 Å². The third-order valence-electron chi connectivity index (χ3n) is 3.53. The zero-order valence-electron chi connectivity index (χ0n) is 11.2. The van der Waals surface area contributed by atoms with Crippen LogP contribution >= 0.6 is 11.6 Å². The van der Waals surface area contributed by atoms with Crippen LogP contribution in [-0.2, 0) is 17.8 Å². The standard InChI is InChI=1S/C16H14ClFN2O/c17-12-6-13(18)8-14(7-12)20-16(21)15-5-10-3-1-2-4-11(10)9-19-15/h1-4,6-8,15,19H,5,9H2,(H,20,21). The number of hydrogen-bond acceptors (Lipinski definition) is 2. The van der Waals surface area contributed by atoms with Gasteiger partial charge in [-0.3, -0.25) is 4.79 Å². The number of anilines is 1. The van der Waals surface area contributed by atoms with Crippen molar-refractivity contribution >= 4 is 23.2 Å². The molecule has 0 bridgehead atoms. The number of hydrogen-bond donors (Lipinski definition) is 2. The van der Waals surface area contributed by atoms with Crippen molar-refractivity contribution in [1.29, 1.82) is 0 Å². The van der Waals surface area contributed by atoms with Crippen molar-refractivity contribution < 1.29 is 9.18 Å². The van der Waals surface area contributed by atoms with Crippen LogP contribution in [0.2, 0.25) is 5.02 Å². The summed E-state index contributed by atoms with van der Waals surface area (Å²) in [6.45, 7) is 0.651. The lowest BCUT2D eigenvalue weighted by Crippen LogP contribution is -2.44. The summed E-state index contributed by atoms with van der Waals surface area (Å²) in [6.07, 6.45) is 0.616. The van der Waals surface area contributed by atoms with Gasteiger partial charge in [0.05, 0.1) is 6.04 Å². The molecule has 3 rings (SSSR count). The van der Waals surface area contributed by atoms with Crippen molar-refractivity contribution in [2.24, 2.45) is 0 Å². The quantitative estimate of drug-likeness (QED) is 0.895. The van der Waals surface area contributed by atoms with Crippen LogP contribution in [-0.4, -0.2) is 11.9 Å². The third-order valence-corrected chi connectivity index (χ3v) is 3.75. The molecule has 0 aromatic heterocycles. The monoisotopic (exact) mass is 304 g/mol. The van der Waals surface area contributed by atoms with Crippen molar-refractivity contribution in [3.05, 3.63) is 64.4 Å². The number of fused-ring (bicyclic) bond motifs is 1. The van der Waals surface area contributed by atoms with Crippen LogP contribution in [0.25, 0.3) is 0 Å². The molecule has 3 nitrogen and oxygen atoms in total. The average molecular weight is 305 g/mol. The minimum absolute atomic E-state index is 0.189. The fourth-order valence-electron chi connectivity index (χ4n) is 2.50. The maximum atomic E-state index is 13.3. The van der Waals surface area contributed by atoms with E-state index in [1.54, 1.807) is 0 Å². The van der Waals surface area contributed by atoms with Crippen molar-refractivity contribution in [3.63, 3.8) is 0 Å². The Bertz CT molecular complexity index is 669. The molecule has 0 spiro atoms. The molecule has 108 valence electrons. The predicted octanol–water partition coefficient (Wildman–Crippen LogP) is 3.13. The summed E-state index contributed by atoms with van der Waals surface area (Å²) in [5.41, 5.74) is 2.73. The number of halogens is 2. The highest BCUT2D eigenvalue weighted by atomic mass is 35.5. The topological polar surface area (TPSA) is 41.1 Å². The molecular formula is C16H14ClFN2O. The van der Waals surface area contributed by atoms with Crippen LogP contribution in [0.15, 0.2) is 42.5 Å². The number of carbonyl (C=O) groups is 1. The normalized spacial score (nSPS) is 17.1. The van der Waals surface area contributed by atoms with Crippen LogP contribution < -0.4 is 10.6 Å². The average Bonchev–Trinajstić information content (AvgIpc) is 2.45. The van der Waals surface area contributed by atoms with Gasteiger partial charge in [0.25, 0.3) is 0 Å². The number of nitrogens with one attached hydrogen (secondary N) is 2. The van der Waals surface area contributed by atoms with E-state index in [9.17, 15) is 9.18 Å². The Labute approximate surface area is 127 Å². The van der Waals surface area contributed by atoms with E-state index >= 15 is 0 Å². The number of carbonyl (C=O) groups excluding carboxylic acids is 1. The van der Waals surface area contributed by atoms with Crippen LogP contribution in [0, 0.1) is 5.82 Å². The summed E-state index contributed by atoms with van der Waals surface area (Å²) in [5.74, 6) is -0.661. The number of benzene rings is 2. The molecule has 1 aliphatic heterocycles. The lowest BCUT2D eigenvalue weighted by molar-refractivity contribution is -0.118. The van der Waals surface area contributed by atoms with E-state index in [2.05, 4.69) is 10.6 Å². The van der Waals surface area contributed by atoms with Crippen LogP contribution in [0.1, 0.15) is 11.1 Å².